The third-order valence-corrected chi connectivity index (χ3v) is 23.2. The van der Waals surface area contributed by atoms with Crippen LogP contribution in [0.1, 0.15) is 419 Å². The average molecular weight is 1810 g/mol. The first-order valence-electron chi connectivity index (χ1n) is 50.7. The SMILES string of the molecule is CC/C=C\C/C=C\C/C=C\C/C=C\C/C=C\C/C=C\CCCCCCCCCCCCCCC(=O)OCC(COP(=O)(O)OCC(O)COP(=O)(O)OCC(O)COC(=O)CCCCCCCCCCCCCCCCCCC/C=C\C/C=C\C/C=C\C/C=C\C/C=C\CC)OC(=O)CCCCCCCCCCCCC/C=C\C/C=C\C/C=C\C/C=C\C/C=C\CC. The number of esters is 3. The third-order valence-electron chi connectivity index (χ3n) is 21.3. The fourth-order valence-electron chi connectivity index (χ4n) is 13.8. The van der Waals surface area contributed by atoms with E-state index in [-0.39, 0.29) is 19.3 Å². The molecule has 0 bridgehead atoms. The number of aliphatic hydroxyl groups is 2. The van der Waals surface area contributed by atoms with Gasteiger partial charge in [-0.25, -0.2) is 9.13 Å². The van der Waals surface area contributed by atoms with Gasteiger partial charge in [-0.3, -0.25) is 32.5 Å². The van der Waals surface area contributed by atoms with Gasteiger partial charge in [-0.2, -0.15) is 0 Å². The van der Waals surface area contributed by atoms with Crippen molar-refractivity contribution in [2.24, 2.45) is 0 Å². The van der Waals surface area contributed by atoms with Crippen LogP contribution in [0.5, 0.6) is 0 Å². The summed E-state index contributed by atoms with van der Waals surface area (Å²) in [5.41, 5.74) is 0. The summed E-state index contributed by atoms with van der Waals surface area (Å²) in [4.78, 5) is 59.2. The lowest BCUT2D eigenvalue weighted by molar-refractivity contribution is -0.161. The zero-order valence-corrected chi connectivity index (χ0v) is 82.2. The largest absolute Gasteiger partial charge is 0.472 e. The summed E-state index contributed by atoms with van der Waals surface area (Å²) in [6.45, 7) is 2.40. The van der Waals surface area contributed by atoms with E-state index in [1.165, 1.54) is 173 Å². The van der Waals surface area contributed by atoms with Crippen LogP contribution in [0.2, 0.25) is 0 Å². The molecule has 0 aromatic carbocycles. The molecule has 0 aromatic heterocycles. The zero-order valence-electron chi connectivity index (χ0n) is 80.4. The van der Waals surface area contributed by atoms with Crippen LogP contribution in [0.3, 0.4) is 0 Å². The van der Waals surface area contributed by atoms with E-state index in [0.29, 0.717) is 19.3 Å². The van der Waals surface area contributed by atoms with Gasteiger partial charge in [-0.05, 0) is 161 Å². The molecule has 0 saturated carbocycles. The Morgan fingerprint density at radius 2 is 0.394 bits per heavy atom. The second kappa shape index (κ2) is 99.4. The van der Waals surface area contributed by atoms with Crippen molar-refractivity contribution >= 4 is 33.6 Å². The van der Waals surface area contributed by atoms with Crippen molar-refractivity contribution in [3.05, 3.63) is 194 Å². The molecule has 0 aromatic rings. The Hall–Kier alpha value is -5.61. The van der Waals surface area contributed by atoms with Crippen LogP contribution < -0.4 is 0 Å². The Kier molecular flexibility index (Phi) is 95.0. The van der Waals surface area contributed by atoms with Crippen LogP contribution in [-0.2, 0) is 55.8 Å². The Morgan fingerprint density at radius 1 is 0.220 bits per heavy atom. The number of hydrogen-bond donors (Lipinski definition) is 4. The lowest BCUT2D eigenvalue weighted by atomic mass is 10.0. The van der Waals surface area contributed by atoms with Crippen LogP contribution in [0.15, 0.2) is 194 Å². The number of allylic oxidation sites excluding steroid dienone is 32. The molecular weight excluding hydrogens is 1630 g/mol. The van der Waals surface area contributed by atoms with E-state index in [4.69, 9.17) is 32.3 Å². The number of rotatable bonds is 95. The predicted octanol–water partition coefficient (Wildman–Crippen LogP) is 32.1. The zero-order chi connectivity index (χ0) is 92.1. The van der Waals surface area contributed by atoms with Gasteiger partial charge < -0.3 is 34.2 Å². The molecule has 16 nitrogen and oxygen atoms in total. The molecule has 4 N–H and O–H groups in total. The summed E-state index contributed by atoms with van der Waals surface area (Å²) in [7, 11) is -9.82. The molecule has 0 saturated heterocycles. The highest BCUT2D eigenvalue weighted by Gasteiger charge is 2.30. The van der Waals surface area contributed by atoms with Gasteiger partial charge in [0.05, 0.1) is 26.4 Å². The fraction of sp³-hybridized carbons (Fsp3) is 0.679. The monoisotopic (exact) mass is 1810 g/mol. The van der Waals surface area contributed by atoms with Crippen molar-refractivity contribution in [2.45, 2.75) is 437 Å². The molecule has 5 unspecified atom stereocenters. The molecule has 0 amide bonds. The number of unbranched alkanes of at least 4 members (excludes halogenated alkanes) is 40. The summed E-state index contributed by atoms with van der Waals surface area (Å²) in [6.07, 6.45) is 133. The number of hydrogen-bond acceptors (Lipinski definition) is 14. The summed E-state index contributed by atoms with van der Waals surface area (Å²) < 4.78 is 61.7. The normalized spacial score (nSPS) is 14.5. The maximum absolute atomic E-state index is 13.1. The van der Waals surface area contributed by atoms with Gasteiger partial charge in [0, 0.05) is 19.3 Å². The maximum Gasteiger partial charge on any atom is 0.472 e. The number of aliphatic hydroxyl groups excluding tert-OH is 2. The molecule has 0 aliphatic carbocycles. The standard InChI is InChI=1S/C109H184O16P2/c1-4-7-10-13-16-19-22-25-28-31-34-37-40-43-46-48-50-51-53-55-57-59-62-65-68-71-74-77-80-83-86-89-92-95-107(112)119-98-104(110)99-121-126(115,116)122-100-105(111)101-123-127(117,118)124-103-106(125-109(114)97-94-91-88-85-82-79-76-73-70-67-64-61-56-45-42-39-36-33-30-27-24-21-18-15-12-9-6-3)102-120-108(113)96-93-90-87-84-81-78-75-72-69-66-63-60-58-54-52-49-47-44-41-38-35-32-29-26-23-20-17-14-11-8-5-2/h7-12,16-21,25-30,34-39,43-47,52,54,56,104-106,110-111H,4-6,13-15,22-24,31-33,40-42,48-51,53,55,57-103H2,1-3H3,(H,115,116)(H,117,118)/b10-7-,11-8-,12-9-,19-16-,20-17-,21-18-,28-25-,29-26-,30-27-,37-34-,38-35-,39-36-,46-43-,47-44-,54-52-,56-45-. The molecule has 18 heteroatoms. The molecule has 127 heavy (non-hydrogen) atoms. The molecule has 0 aliphatic heterocycles. The number of ether oxygens (including phenoxy) is 3. The van der Waals surface area contributed by atoms with Crippen molar-refractivity contribution in [3.63, 3.8) is 0 Å². The van der Waals surface area contributed by atoms with E-state index in [1.807, 2.05) is 0 Å². The fourth-order valence-corrected chi connectivity index (χ4v) is 15.3. The number of carbonyl (C=O) groups is 3. The van der Waals surface area contributed by atoms with Gasteiger partial charge in [0.25, 0.3) is 0 Å². The average Bonchev–Trinajstić information content (AvgIpc) is 0.898. The molecule has 0 aliphatic rings. The van der Waals surface area contributed by atoms with Gasteiger partial charge in [0.1, 0.15) is 25.4 Å². The molecule has 0 radical (unpaired) electrons. The van der Waals surface area contributed by atoms with Crippen LogP contribution in [0.25, 0.3) is 0 Å². The first kappa shape index (κ1) is 121. The Morgan fingerprint density at radius 3 is 0.622 bits per heavy atom. The Bertz CT molecular complexity index is 3090. The van der Waals surface area contributed by atoms with Crippen molar-refractivity contribution in [1.29, 1.82) is 0 Å². The van der Waals surface area contributed by atoms with Gasteiger partial charge in [0.15, 0.2) is 6.10 Å². The smallest absolute Gasteiger partial charge is 0.463 e. The third kappa shape index (κ3) is 101. The van der Waals surface area contributed by atoms with Crippen molar-refractivity contribution < 1.29 is 75.8 Å². The van der Waals surface area contributed by atoms with Crippen molar-refractivity contribution in [2.75, 3.05) is 39.6 Å². The molecule has 726 valence electrons. The summed E-state index contributed by atoms with van der Waals surface area (Å²) >= 11 is 0. The highest BCUT2D eigenvalue weighted by atomic mass is 31.2. The van der Waals surface area contributed by atoms with Gasteiger partial charge in [-0.15, -0.1) is 0 Å². The number of phosphoric ester groups is 2. The summed E-state index contributed by atoms with van der Waals surface area (Å²) in [6, 6.07) is 0. The van der Waals surface area contributed by atoms with E-state index >= 15 is 0 Å². The van der Waals surface area contributed by atoms with Crippen LogP contribution in [0, 0.1) is 0 Å². The summed E-state index contributed by atoms with van der Waals surface area (Å²) in [5.74, 6) is -1.57. The van der Waals surface area contributed by atoms with Crippen LogP contribution in [0.4, 0.5) is 0 Å². The topological polar surface area (TPSA) is 231 Å². The van der Waals surface area contributed by atoms with E-state index in [2.05, 4.69) is 215 Å². The second-order valence-electron chi connectivity index (χ2n) is 33.5. The van der Waals surface area contributed by atoms with Gasteiger partial charge in [0.2, 0.25) is 0 Å². The van der Waals surface area contributed by atoms with Gasteiger partial charge in [-0.1, -0.05) is 434 Å². The lowest BCUT2D eigenvalue weighted by Gasteiger charge is -2.21. The second-order valence-corrected chi connectivity index (χ2v) is 36.4. The van der Waals surface area contributed by atoms with E-state index in [0.717, 1.165) is 186 Å². The maximum atomic E-state index is 13.1. The first-order chi connectivity index (χ1) is 62.2. The predicted molar refractivity (Wildman–Crippen MR) is 537 cm³/mol. The van der Waals surface area contributed by atoms with E-state index in [9.17, 15) is 43.5 Å². The highest BCUT2D eigenvalue weighted by molar-refractivity contribution is 7.47. The van der Waals surface area contributed by atoms with Gasteiger partial charge >= 0.3 is 33.6 Å². The minimum Gasteiger partial charge on any atom is -0.463 e. The number of phosphoric acid groups is 2. The van der Waals surface area contributed by atoms with Crippen molar-refractivity contribution in [3.8, 4) is 0 Å². The first-order valence-corrected chi connectivity index (χ1v) is 53.7. The van der Waals surface area contributed by atoms with E-state index < -0.39 is 91.5 Å². The molecular formula is C109H184O16P2. The van der Waals surface area contributed by atoms with Crippen LogP contribution in [-0.4, -0.2) is 95.9 Å². The number of carbonyl (C=O) groups excluding carboxylic acids is 3. The quantitative estimate of drug-likeness (QED) is 0.0146. The molecule has 0 spiro atoms. The highest BCUT2D eigenvalue weighted by Crippen LogP contribution is 2.45. The van der Waals surface area contributed by atoms with Crippen LogP contribution >= 0.6 is 15.6 Å². The molecule has 0 heterocycles. The van der Waals surface area contributed by atoms with Crippen molar-refractivity contribution in [1.82, 2.24) is 0 Å². The Labute approximate surface area is 776 Å². The lowest BCUT2D eigenvalue weighted by Crippen LogP contribution is -2.30. The minimum atomic E-state index is -4.95. The molecule has 0 fully saturated rings. The Balaban J connectivity index is 4.62. The minimum absolute atomic E-state index is 0.0953. The molecule has 0 rings (SSSR count). The summed E-state index contributed by atoms with van der Waals surface area (Å²) in [5, 5.41) is 20.8. The molecule has 5 atom stereocenters. The van der Waals surface area contributed by atoms with E-state index in [1.54, 1.807) is 0 Å².